The molecule has 3 heteroatoms. The van der Waals surface area contributed by atoms with Crippen LogP contribution in [0.5, 0.6) is 0 Å². The highest BCUT2D eigenvalue weighted by atomic mass is 16.5. The maximum absolute atomic E-state index is 10.8. The molecule has 0 aromatic heterocycles. The van der Waals surface area contributed by atoms with Crippen molar-refractivity contribution >= 4 is 5.97 Å². The third kappa shape index (κ3) is 2.26. The third-order valence-corrected chi connectivity index (χ3v) is 1.97. The molecule has 1 fully saturated rings. The summed E-state index contributed by atoms with van der Waals surface area (Å²) in [6.45, 7) is 2.08. The van der Waals surface area contributed by atoms with Crippen molar-refractivity contribution < 1.29 is 14.3 Å². The van der Waals surface area contributed by atoms with E-state index in [1.165, 1.54) is 13.2 Å². The van der Waals surface area contributed by atoms with E-state index in [0.717, 1.165) is 25.0 Å². The third-order valence-electron chi connectivity index (χ3n) is 1.97. The molecule has 1 aliphatic rings. The van der Waals surface area contributed by atoms with Gasteiger partial charge in [0.05, 0.1) is 19.3 Å². The lowest BCUT2D eigenvalue weighted by Crippen LogP contribution is -2.02. The normalized spacial score (nSPS) is 25.5. The Bertz CT molecular complexity index is 196. The van der Waals surface area contributed by atoms with Gasteiger partial charge in [0.1, 0.15) is 5.76 Å². The van der Waals surface area contributed by atoms with E-state index in [4.69, 9.17) is 4.74 Å². The minimum atomic E-state index is -0.332. The standard InChI is InChI=1S/C9H14O3/c1-3-7-4-5-8(12-7)6-9(10)11-2/h6-7H,3-5H2,1-2H3/b8-6+. The van der Waals surface area contributed by atoms with Gasteiger partial charge in [-0.05, 0) is 12.8 Å². The first-order valence-corrected chi connectivity index (χ1v) is 4.21. The summed E-state index contributed by atoms with van der Waals surface area (Å²) < 4.78 is 9.93. The van der Waals surface area contributed by atoms with E-state index in [2.05, 4.69) is 11.7 Å². The molecule has 0 bridgehead atoms. The molecule has 1 unspecified atom stereocenters. The highest BCUT2D eigenvalue weighted by Gasteiger charge is 2.19. The highest BCUT2D eigenvalue weighted by molar-refractivity contribution is 5.82. The zero-order valence-corrected chi connectivity index (χ0v) is 7.50. The van der Waals surface area contributed by atoms with Gasteiger partial charge in [-0.25, -0.2) is 4.79 Å². The van der Waals surface area contributed by atoms with Gasteiger partial charge in [-0.15, -0.1) is 0 Å². The van der Waals surface area contributed by atoms with Crippen molar-refractivity contribution in [2.75, 3.05) is 7.11 Å². The molecule has 0 radical (unpaired) electrons. The average molecular weight is 170 g/mol. The molecule has 0 aromatic carbocycles. The van der Waals surface area contributed by atoms with Crippen LogP contribution >= 0.6 is 0 Å². The number of allylic oxidation sites excluding steroid dienone is 1. The number of hydrogen-bond acceptors (Lipinski definition) is 3. The molecule has 0 saturated carbocycles. The van der Waals surface area contributed by atoms with Crippen LogP contribution in [0, 0.1) is 0 Å². The van der Waals surface area contributed by atoms with Crippen molar-refractivity contribution in [3.63, 3.8) is 0 Å². The lowest BCUT2D eigenvalue weighted by molar-refractivity contribution is -0.135. The van der Waals surface area contributed by atoms with E-state index in [9.17, 15) is 4.79 Å². The Morgan fingerprint density at radius 3 is 3.08 bits per heavy atom. The Kier molecular flexibility index (Phi) is 3.14. The molecule has 1 heterocycles. The minimum absolute atomic E-state index is 0.293. The van der Waals surface area contributed by atoms with Gasteiger partial charge < -0.3 is 9.47 Å². The Hall–Kier alpha value is -0.990. The van der Waals surface area contributed by atoms with Crippen LogP contribution in [-0.2, 0) is 14.3 Å². The predicted molar refractivity (Wildman–Crippen MR) is 44.5 cm³/mol. The predicted octanol–water partition coefficient (Wildman–Crippen LogP) is 1.63. The zero-order chi connectivity index (χ0) is 8.97. The zero-order valence-electron chi connectivity index (χ0n) is 7.50. The van der Waals surface area contributed by atoms with Crippen molar-refractivity contribution in [1.82, 2.24) is 0 Å². The van der Waals surface area contributed by atoms with Crippen LogP contribution in [0.4, 0.5) is 0 Å². The fourth-order valence-corrected chi connectivity index (χ4v) is 1.22. The number of methoxy groups -OCH3 is 1. The fraction of sp³-hybridized carbons (Fsp3) is 0.667. The summed E-state index contributed by atoms with van der Waals surface area (Å²) in [5, 5.41) is 0. The smallest absolute Gasteiger partial charge is 0.333 e. The highest BCUT2D eigenvalue weighted by Crippen LogP contribution is 2.24. The van der Waals surface area contributed by atoms with Gasteiger partial charge >= 0.3 is 5.97 Å². The molecule has 0 spiro atoms. The van der Waals surface area contributed by atoms with Gasteiger partial charge in [0.25, 0.3) is 0 Å². The Balaban J connectivity index is 2.45. The van der Waals surface area contributed by atoms with Crippen LogP contribution in [0.1, 0.15) is 26.2 Å². The molecule has 0 N–H and O–H groups in total. The van der Waals surface area contributed by atoms with E-state index < -0.39 is 0 Å². The van der Waals surface area contributed by atoms with Gasteiger partial charge in [0.2, 0.25) is 0 Å². The number of rotatable bonds is 2. The Labute approximate surface area is 72.4 Å². The van der Waals surface area contributed by atoms with E-state index in [-0.39, 0.29) is 5.97 Å². The van der Waals surface area contributed by atoms with Gasteiger partial charge in [-0.1, -0.05) is 6.92 Å². The van der Waals surface area contributed by atoms with Crippen molar-refractivity contribution in [3.8, 4) is 0 Å². The molecule has 1 atom stereocenters. The molecule has 1 rings (SSSR count). The first kappa shape index (κ1) is 9.10. The van der Waals surface area contributed by atoms with Gasteiger partial charge in [0, 0.05) is 6.42 Å². The molecular weight excluding hydrogens is 156 g/mol. The molecule has 1 aliphatic heterocycles. The van der Waals surface area contributed by atoms with Gasteiger partial charge in [-0.2, -0.15) is 0 Å². The summed E-state index contributed by atoms with van der Waals surface area (Å²) in [7, 11) is 1.37. The quantitative estimate of drug-likeness (QED) is 0.466. The second-order valence-electron chi connectivity index (χ2n) is 2.82. The molecule has 1 saturated heterocycles. The van der Waals surface area contributed by atoms with Crippen LogP contribution in [0.15, 0.2) is 11.8 Å². The SMILES string of the molecule is CCC1CC/C(=C\C(=O)OC)O1. The van der Waals surface area contributed by atoms with Gasteiger partial charge in [-0.3, -0.25) is 0 Å². The minimum Gasteiger partial charge on any atom is -0.495 e. The molecule has 0 amide bonds. The van der Waals surface area contributed by atoms with E-state index in [1.54, 1.807) is 0 Å². The Morgan fingerprint density at radius 1 is 1.83 bits per heavy atom. The van der Waals surface area contributed by atoms with E-state index in [1.807, 2.05) is 0 Å². The summed E-state index contributed by atoms with van der Waals surface area (Å²) in [6, 6.07) is 0. The molecule has 0 aromatic rings. The second kappa shape index (κ2) is 4.14. The largest absolute Gasteiger partial charge is 0.495 e. The molecular formula is C9H14O3. The number of ether oxygens (including phenoxy) is 2. The van der Waals surface area contributed by atoms with E-state index in [0.29, 0.717) is 6.10 Å². The average Bonchev–Trinajstić information content (AvgIpc) is 2.52. The first-order valence-electron chi connectivity index (χ1n) is 4.21. The first-order chi connectivity index (χ1) is 5.76. The summed E-state index contributed by atoms with van der Waals surface area (Å²) in [6.07, 6.45) is 4.59. The number of hydrogen-bond donors (Lipinski definition) is 0. The van der Waals surface area contributed by atoms with Crippen LogP contribution in [0.2, 0.25) is 0 Å². The molecule has 3 nitrogen and oxygen atoms in total. The number of carbonyl (C=O) groups excluding carboxylic acids is 1. The summed E-state index contributed by atoms with van der Waals surface area (Å²) in [5.74, 6) is 0.426. The molecule has 68 valence electrons. The summed E-state index contributed by atoms with van der Waals surface area (Å²) in [5.41, 5.74) is 0. The second-order valence-corrected chi connectivity index (χ2v) is 2.82. The van der Waals surface area contributed by atoms with Crippen molar-refractivity contribution in [2.24, 2.45) is 0 Å². The van der Waals surface area contributed by atoms with Crippen molar-refractivity contribution in [1.29, 1.82) is 0 Å². The fourth-order valence-electron chi connectivity index (χ4n) is 1.22. The monoisotopic (exact) mass is 170 g/mol. The van der Waals surface area contributed by atoms with Crippen LogP contribution in [0.25, 0.3) is 0 Å². The van der Waals surface area contributed by atoms with Crippen LogP contribution in [-0.4, -0.2) is 19.2 Å². The van der Waals surface area contributed by atoms with Crippen molar-refractivity contribution in [3.05, 3.63) is 11.8 Å². The summed E-state index contributed by atoms with van der Waals surface area (Å²) >= 11 is 0. The number of esters is 1. The topological polar surface area (TPSA) is 35.5 Å². The number of carbonyl (C=O) groups is 1. The summed E-state index contributed by atoms with van der Waals surface area (Å²) in [4.78, 5) is 10.8. The lowest BCUT2D eigenvalue weighted by Gasteiger charge is -2.05. The maximum atomic E-state index is 10.8. The van der Waals surface area contributed by atoms with E-state index >= 15 is 0 Å². The van der Waals surface area contributed by atoms with Gasteiger partial charge in [0.15, 0.2) is 0 Å². The van der Waals surface area contributed by atoms with Crippen LogP contribution < -0.4 is 0 Å². The van der Waals surface area contributed by atoms with Crippen LogP contribution in [0.3, 0.4) is 0 Å². The van der Waals surface area contributed by atoms with Crippen molar-refractivity contribution in [2.45, 2.75) is 32.3 Å². The molecule has 0 aliphatic carbocycles. The lowest BCUT2D eigenvalue weighted by atomic mass is 10.2. The Morgan fingerprint density at radius 2 is 2.58 bits per heavy atom. The molecule has 12 heavy (non-hydrogen) atoms. The maximum Gasteiger partial charge on any atom is 0.333 e.